The summed E-state index contributed by atoms with van der Waals surface area (Å²) in [5, 5.41) is 0. The number of methoxy groups -OCH3 is 1. The molecule has 34 heavy (non-hydrogen) atoms. The molecule has 1 saturated heterocycles. The summed E-state index contributed by atoms with van der Waals surface area (Å²) in [4.78, 5) is 2.69. The van der Waals surface area contributed by atoms with Gasteiger partial charge in [0.05, 0.1) is 23.6 Å². The molecule has 6 heteroatoms. The van der Waals surface area contributed by atoms with Crippen molar-refractivity contribution in [3.63, 3.8) is 0 Å². The highest BCUT2D eigenvalue weighted by Crippen LogP contribution is 2.54. The smallest absolute Gasteiger partial charge is 0.241 e. The minimum absolute atomic E-state index is 0.286. The molecular weight excluding hydrogens is 444 g/mol. The number of nitrogens with one attached hydrogen (secondary N) is 1. The minimum Gasteiger partial charge on any atom is -0.497 e. The lowest BCUT2D eigenvalue weighted by Gasteiger charge is -2.38. The second-order valence-corrected chi connectivity index (χ2v) is 10.9. The molecule has 2 heterocycles. The Kier molecular flexibility index (Phi) is 5.96. The Morgan fingerprint density at radius 2 is 1.85 bits per heavy atom. The lowest BCUT2D eigenvalue weighted by atomic mass is 9.84. The van der Waals surface area contributed by atoms with E-state index in [1.807, 2.05) is 49.4 Å². The molecule has 0 bridgehead atoms. The highest BCUT2D eigenvalue weighted by molar-refractivity contribution is 7.89. The molecule has 3 aromatic rings. The van der Waals surface area contributed by atoms with Crippen LogP contribution >= 0.6 is 0 Å². The largest absolute Gasteiger partial charge is 0.497 e. The number of nitrogens with zero attached hydrogens (tertiary/aromatic N) is 1. The van der Waals surface area contributed by atoms with E-state index < -0.39 is 10.0 Å². The first-order valence-electron chi connectivity index (χ1n) is 11.7. The Morgan fingerprint density at radius 1 is 1.09 bits per heavy atom. The van der Waals surface area contributed by atoms with Crippen LogP contribution in [0.2, 0.25) is 0 Å². The van der Waals surface area contributed by atoms with Crippen molar-refractivity contribution in [2.45, 2.75) is 42.7 Å². The molecule has 1 fully saturated rings. The third-order valence-corrected chi connectivity index (χ3v) is 8.53. The topological polar surface area (TPSA) is 58.6 Å². The molecule has 5 rings (SSSR count). The number of ether oxygens (including phenoxy) is 1. The molecule has 5 nitrogen and oxygen atoms in total. The molecular formula is C28H30N2O3S. The number of hydrogen-bond donors (Lipinski definition) is 1. The van der Waals surface area contributed by atoms with Crippen molar-refractivity contribution < 1.29 is 13.2 Å². The van der Waals surface area contributed by atoms with Crippen molar-refractivity contribution in [1.29, 1.82) is 0 Å². The Balaban J connectivity index is 1.55. The third kappa shape index (κ3) is 4.01. The van der Waals surface area contributed by atoms with E-state index in [0.717, 1.165) is 53.9 Å². The molecule has 2 aliphatic rings. The van der Waals surface area contributed by atoms with Crippen LogP contribution in [-0.4, -0.2) is 27.6 Å². The molecule has 0 spiro atoms. The predicted octanol–water partition coefficient (Wildman–Crippen LogP) is 5.48. The van der Waals surface area contributed by atoms with Crippen LogP contribution in [0.4, 0.5) is 5.69 Å². The van der Waals surface area contributed by atoms with Crippen molar-refractivity contribution in [1.82, 2.24) is 4.72 Å². The Hall–Kier alpha value is -3.09. The number of hydrogen-bond acceptors (Lipinski definition) is 4. The maximum Gasteiger partial charge on any atom is 0.241 e. The van der Waals surface area contributed by atoms with Gasteiger partial charge in [-0.2, -0.15) is 0 Å². The summed E-state index contributed by atoms with van der Waals surface area (Å²) in [6.07, 6.45) is 6.97. The number of fused-ring (bicyclic) bond motifs is 3. The van der Waals surface area contributed by atoms with Gasteiger partial charge in [0.1, 0.15) is 5.75 Å². The molecule has 0 aliphatic carbocycles. The van der Waals surface area contributed by atoms with Crippen molar-refractivity contribution in [2.75, 3.05) is 18.6 Å². The quantitative estimate of drug-likeness (QED) is 0.493. The lowest BCUT2D eigenvalue weighted by Crippen LogP contribution is -2.49. The van der Waals surface area contributed by atoms with Crippen molar-refractivity contribution in [3.05, 3.63) is 95.6 Å². The van der Waals surface area contributed by atoms with E-state index in [1.54, 1.807) is 19.2 Å². The highest BCUT2D eigenvalue weighted by atomic mass is 32.2. The molecule has 0 aromatic heterocycles. The molecule has 3 aromatic carbocycles. The van der Waals surface area contributed by atoms with Gasteiger partial charge in [-0.15, -0.1) is 0 Å². The molecule has 0 amide bonds. The fraction of sp³-hybridized carbons (Fsp3) is 0.286. The fourth-order valence-electron chi connectivity index (χ4n) is 5.39. The first kappa shape index (κ1) is 22.7. The standard InChI is InChI=1S/C28H30N2O3S/c1-21-11-14-24(15-12-21)34(31,32)29-27-25-20-23(33-2)13-16-26(25)30-19-7-18-28(27,30)17-6-10-22-8-4-3-5-9-22/h3-6,8-16,20,27,29H,7,17-19H2,1-2H3/b10-6+/t27-,28+/m1/s1. The van der Waals surface area contributed by atoms with E-state index in [9.17, 15) is 8.42 Å². The maximum absolute atomic E-state index is 13.5. The van der Waals surface area contributed by atoms with Gasteiger partial charge >= 0.3 is 0 Å². The highest BCUT2D eigenvalue weighted by Gasteiger charge is 2.54. The van der Waals surface area contributed by atoms with Gasteiger partial charge in [0.25, 0.3) is 0 Å². The molecule has 0 unspecified atom stereocenters. The Labute approximate surface area is 202 Å². The van der Waals surface area contributed by atoms with Gasteiger partial charge in [-0.05, 0) is 67.6 Å². The van der Waals surface area contributed by atoms with Crippen LogP contribution in [0.25, 0.3) is 6.08 Å². The summed E-state index contributed by atoms with van der Waals surface area (Å²) in [7, 11) is -2.08. The molecule has 176 valence electrons. The van der Waals surface area contributed by atoms with Crippen LogP contribution in [0.1, 0.15) is 42.0 Å². The predicted molar refractivity (Wildman–Crippen MR) is 137 cm³/mol. The zero-order valence-electron chi connectivity index (χ0n) is 19.6. The summed E-state index contributed by atoms with van der Waals surface area (Å²) in [5.41, 5.74) is 3.86. The number of rotatable bonds is 7. The first-order valence-corrected chi connectivity index (χ1v) is 13.2. The second kappa shape index (κ2) is 8.93. The van der Waals surface area contributed by atoms with Gasteiger partial charge in [0, 0.05) is 12.2 Å². The molecule has 2 aliphatic heterocycles. The Bertz CT molecular complexity index is 1300. The summed E-state index contributed by atoms with van der Waals surface area (Å²) in [6, 6.07) is 22.8. The average Bonchev–Trinajstić information content (AvgIpc) is 3.36. The van der Waals surface area contributed by atoms with Crippen LogP contribution in [0, 0.1) is 6.92 Å². The zero-order chi connectivity index (χ0) is 23.8. The second-order valence-electron chi connectivity index (χ2n) is 9.17. The van der Waals surface area contributed by atoms with Gasteiger partial charge < -0.3 is 9.64 Å². The van der Waals surface area contributed by atoms with E-state index in [-0.39, 0.29) is 16.5 Å². The molecule has 0 radical (unpaired) electrons. The van der Waals surface area contributed by atoms with Crippen molar-refractivity contribution in [3.8, 4) is 5.75 Å². The number of aryl methyl sites for hydroxylation is 1. The SMILES string of the molecule is COc1ccc2c(c1)[C@@H](NS(=O)(=O)c1ccc(C)cc1)[C@]1(C/C=C/c3ccccc3)CCCN21. The van der Waals surface area contributed by atoms with E-state index in [0.29, 0.717) is 0 Å². The lowest BCUT2D eigenvalue weighted by molar-refractivity contribution is 0.353. The molecule has 0 saturated carbocycles. The number of sulfonamides is 1. The maximum atomic E-state index is 13.5. The molecule has 1 N–H and O–H groups in total. The van der Waals surface area contributed by atoms with E-state index in [1.165, 1.54) is 0 Å². The summed E-state index contributed by atoms with van der Waals surface area (Å²) < 4.78 is 35.6. The van der Waals surface area contributed by atoms with Gasteiger partial charge in [-0.3, -0.25) is 0 Å². The number of benzene rings is 3. The normalized spacial score (nSPS) is 21.6. The van der Waals surface area contributed by atoms with Crippen LogP contribution in [0.5, 0.6) is 5.75 Å². The summed E-state index contributed by atoms with van der Waals surface area (Å²) >= 11 is 0. The van der Waals surface area contributed by atoms with Crippen LogP contribution in [-0.2, 0) is 10.0 Å². The van der Waals surface area contributed by atoms with E-state index >= 15 is 0 Å². The van der Waals surface area contributed by atoms with E-state index in [4.69, 9.17) is 4.74 Å². The van der Waals surface area contributed by atoms with Crippen molar-refractivity contribution in [2.24, 2.45) is 0 Å². The van der Waals surface area contributed by atoms with Gasteiger partial charge in [-0.25, -0.2) is 13.1 Å². The third-order valence-electron chi connectivity index (χ3n) is 7.09. The monoisotopic (exact) mass is 474 g/mol. The summed E-state index contributed by atoms with van der Waals surface area (Å²) in [6.45, 7) is 2.86. The average molecular weight is 475 g/mol. The first-order chi connectivity index (χ1) is 16.4. The fourth-order valence-corrected chi connectivity index (χ4v) is 6.68. The van der Waals surface area contributed by atoms with E-state index in [2.05, 4.69) is 40.0 Å². The van der Waals surface area contributed by atoms with Gasteiger partial charge in [0.2, 0.25) is 10.0 Å². The van der Waals surface area contributed by atoms with Gasteiger partial charge in [0.15, 0.2) is 0 Å². The van der Waals surface area contributed by atoms with Crippen LogP contribution in [0.15, 0.2) is 83.8 Å². The zero-order valence-corrected chi connectivity index (χ0v) is 20.4. The number of anilines is 1. The Morgan fingerprint density at radius 3 is 2.59 bits per heavy atom. The van der Waals surface area contributed by atoms with Crippen LogP contribution < -0.4 is 14.4 Å². The van der Waals surface area contributed by atoms with Gasteiger partial charge in [-0.1, -0.05) is 60.2 Å². The molecule has 2 atom stereocenters. The minimum atomic E-state index is -3.72. The van der Waals surface area contributed by atoms with Crippen LogP contribution in [0.3, 0.4) is 0 Å². The summed E-state index contributed by atoms with van der Waals surface area (Å²) in [5.74, 6) is 0.731. The van der Waals surface area contributed by atoms with Crippen molar-refractivity contribution >= 4 is 21.8 Å².